The van der Waals surface area contributed by atoms with Gasteiger partial charge in [-0.25, -0.2) is 0 Å². The Bertz CT molecular complexity index is 523. The van der Waals surface area contributed by atoms with Gasteiger partial charge in [0.2, 0.25) is 5.88 Å². The molecular formula is C11H11ClN2O2. The molecule has 1 aromatic heterocycles. The van der Waals surface area contributed by atoms with Gasteiger partial charge in [0.05, 0.1) is 18.9 Å². The topological polar surface area (TPSA) is 61.3 Å². The average molecular weight is 239 g/mol. The fraction of sp³-hybridized carbons (Fsp3) is 0.182. The summed E-state index contributed by atoms with van der Waals surface area (Å²) >= 11 is 6.06. The number of hydrogen-bond donors (Lipinski definition) is 1. The predicted molar refractivity (Wildman–Crippen MR) is 62.7 cm³/mol. The van der Waals surface area contributed by atoms with Crippen molar-refractivity contribution in [2.45, 2.75) is 6.92 Å². The summed E-state index contributed by atoms with van der Waals surface area (Å²) in [6.07, 6.45) is 1.54. The third-order valence-electron chi connectivity index (χ3n) is 2.37. The summed E-state index contributed by atoms with van der Waals surface area (Å²) in [6, 6.07) is 3.64. The van der Waals surface area contributed by atoms with Gasteiger partial charge >= 0.3 is 0 Å². The molecular weight excluding hydrogens is 228 g/mol. The lowest BCUT2D eigenvalue weighted by molar-refractivity contribution is 0.416. The molecule has 1 heterocycles. The average Bonchev–Trinajstić information content (AvgIpc) is 2.68. The zero-order valence-corrected chi connectivity index (χ0v) is 9.71. The van der Waals surface area contributed by atoms with Crippen molar-refractivity contribution in [1.29, 1.82) is 0 Å². The Morgan fingerprint density at radius 2 is 2.12 bits per heavy atom. The molecule has 0 radical (unpaired) electrons. The molecule has 0 amide bonds. The second-order valence-electron chi connectivity index (χ2n) is 3.41. The molecule has 0 aliphatic carbocycles. The molecule has 2 aromatic rings. The van der Waals surface area contributed by atoms with Crippen LogP contribution in [0.3, 0.4) is 0 Å². The fourth-order valence-electron chi connectivity index (χ4n) is 1.49. The summed E-state index contributed by atoms with van der Waals surface area (Å²) < 4.78 is 10.1. The molecule has 0 saturated heterocycles. The van der Waals surface area contributed by atoms with Gasteiger partial charge in [-0.15, -0.1) is 0 Å². The van der Waals surface area contributed by atoms with E-state index in [9.17, 15) is 0 Å². The molecule has 2 N–H and O–H groups in total. The quantitative estimate of drug-likeness (QED) is 0.874. The third-order valence-corrected chi connectivity index (χ3v) is 2.78. The van der Waals surface area contributed by atoms with Crippen LogP contribution in [0.2, 0.25) is 5.02 Å². The van der Waals surface area contributed by atoms with Crippen molar-refractivity contribution >= 4 is 17.5 Å². The fourth-order valence-corrected chi connectivity index (χ4v) is 1.65. The van der Waals surface area contributed by atoms with Crippen molar-refractivity contribution in [2.24, 2.45) is 0 Å². The maximum atomic E-state index is 6.06. The monoisotopic (exact) mass is 238 g/mol. The number of nitrogens with zero attached hydrogens (tertiary/aromatic N) is 1. The summed E-state index contributed by atoms with van der Waals surface area (Å²) in [7, 11) is 1.59. The van der Waals surface area contributed by atoms with Crippen LogP contribution in [0.1, 0.15) is 5.56 Å². The van der Waals surface area contributed by atoms with Crippen molar-refractivity contribution in [2.75, 3.05) is 12.8 Å². The smallest absolute Gasteiger partial charge is 0.230 e. The van der Waals surface area contributed by atoms with Crippen LogP contribution in [0.25, 0.3) is 11.1 Å². The molecule has 0 saturated carbocycles. The Morgan fingerprint density at radius 1 is 1.38 bits per heavy atom. The van der Waals surface area contributed by atoms with Crippen LogP contribution in [-0.4, -0.2) is 12.3 Å². The Balaban J connectivity index is 2.64. The van der Waals surface area contributed by atoms with Gasteiger partial charge in [0.25, 0.3) is 0 Å². The van der Waals surface area contributed by atoms with Crippen LogP contribution in [0.4, 0.5) is 5.88 Å². The lowest BCUT2D eigenvalue weighted by Gasteiger charge is -2.09. The number of rotatable bonds is 2. The highest BCUT2D eigenvalue weighted by atomic mass is 35.5. The van der Waals surface area contributed by atoms with E-state index < -0.39 is 0 Å². The van der Waals surface area contributed by atoms with Crippen LogP contribution in [-0.2, 0) is 0 Å². The maximum absolute atomic E-state index is 6.06. The van der Waals surface area contributed by atoms with E-state index >= 15 is 0 Å². The lowest BCUT2D eigenvalue weighted by atomic mass is 10.1. The predicted octanol–water partition coefficient (Wildman–Crippen LogP) is 2.89. The van der Waals surface area contributed by atoms with Gasteiger partial charge in [0.1, 0.15) is 5.75 Å². The molecule has 2 rings (SSSR count). The molecule has 0 aliphatic heterocycles. The van der Waals surface area contributed by atoms with E-state index in [1.807, 2.05) is 13.0 Å². The Hall–Kier alpha value is -1.68. The minimum atomic E-state index is 0.248. The van der Waals surface area contributed by atoms with E-state index in [0.29, 0.717) is 16.3 Å². The standard InChI is InChI=1S/C11H11ClN2O2/c1-6-3-10(15-2)7(4-9(6)12)8-5-14-16-11(8)13/h3-5H,13H2,1-2H3. The first kappa shape index (κ1) is 10.8. The molecule has 16 heavy (non-hydrogen) atoms. The Kier molecular flexibility index (Phi) is 2.75. The van der Waals surface area contributed by atoms with E-state index in [4.69, 9.17) is 26.6 Å². The second-order valence-corrected chi connectivity index (χ2v) is 3.81. The number of aromatic nitrogens is 1. The van der Waals surface area contributed by atoms with E-state index in [2.05, 4.69) is 5.16 Å². The van der Waals surface area contributed by atoms with Crippen molar-refractivity contribution in [3.05, 3.63) is 28.9 Å². The summed E-state index contributed by atoms with van der Waals surface area (Å²) in [5, 5.41) is 4.28. The number of nitrogen functional groups attached to an aromatic ring is 1. The van der Waals surface area contributed by atoms with Crippen LogP contribution in [0.5, 0.6) is 5.75 Å². The van der Waals surface area contributed by atoms with Gasteiger partial charge in [0.15, 0.2) is 0 Å². The molecule has 0 unspecified atom stereocenters. The van der Waals surface area contributed by atoms with Crippen LogP contribution < -0.4 is 10.5 Å². The number of methoxy groups -OCH3 is 1. The highest BCUT2D eigenvalue weighted by Gasteiger charge is 2.14. The summed E-state index contributed by atoms with van der Waals surface area (Å²) in [4.78, 5) is 0. The second kappa shape index (κ2) is 4.06. The third kappa shape index (κ3) is 1.72. The van der Waals surface area contributed by atoms with Crippen molar-refractivity contribution in [1.82, 2.24) is 5.16 Å². The normalized spacial score (nSPS) is 10.4. The molecule has 4 nitrogen and oxygen atoms in total. The van der Waals surface area contributed by atoms with Gasteiger partial charge in [0, 0.05) is 10.6 Å². The lowest BCUT2D eigenvalue weighted by Crippen LogP contribution is -1.91. The largest absolute Gasteiger partial charge is 0.496 e. The number of halogens is 1. The number of anilines is 1. The Morgan fingerprint density at radius 3 is 2.69 bits per heavy atom. The van der Waals surface area contributed by atoms with Crippen LogP contribution in [0.15, 0.2) is 22.9 Å². The number of hydrogen-bond acceptors (Lipinski definition) is 4. The number of nitrogens with two attached hydrogens (primary N) is 1. The zero-order chi connectivity index (χ0) is 11.7. The van der Waals surface area contributed by atoms with Gasteiger partial charge in [-0.2, -0.15) is 0 Å². The van der Waals surface area contributed by atoms with Crippen molar-refractivity contribution < 1.29 is 9.26 Å². The first-order valence-electron chi connectivity index (χ1n) is 4.68. The van der Waals surface area contributed by atoms with Crippen LogP contribution >= 0.6 is 11.6 Å². The molecule has 0 atom stereocenters. The molecule has 0 fully saturated rings. The molecule has 5 heteroatoms. The molecule has 84 valence electrons. The van der Waals surface area contributed by atoms with Gasteiger partial charge in [-0.05, 0) is 24.6 Å². The molecule has 1 aromatic carbocycles. The van der Waals surface area contributed by atoms with E-state index in [0.717, 1.165) is 11.1 Å². The van der Waals surface area contributed by atoms with E-state index in [1.54, 1.807) is 19.4 Å². The first-order chi connectivity index (χ1) is 7.63. The summed E-state index contributed by atoms with van der Waals surface area (Å²) in [5.74, 6) is 0.940. The maximum Gasteiger partial charge on any atom is 0.230 e. The highest BCUT2D eigenvalue weighted by molar-refractivity contribution is 6.31. The van der Waals surface area contributed by atoms with Crippen molar-refractivity contribution in [3.63, 3.8) is 0 Å². The van der Waals surface area contributed by atoms with Crippen LogP contribution in [0, 0.1) is 6.92 Å². The van der Waals surface area contributed by atoms with Gasteiger partial charge < -0.3 is 15.0 Å². The number of ether oxygens (including phenoxy) is 1. The van der Waals surface area contributed by atoms with E-state index in [-0.39, 0.29) is 5.88 Å². The SMILES string of the molecule is COc1cc(C)c(Cl)cc1-c1cnoc1N. The number of aryl methyl sites for hydroxylation is 1. The van der Waals surface area contributed by atoms with Gasteiger partial charge in [-0.3, -0.25) is 0 Å². The molecule has 0 spiro atoms. The van der Waals surface area contributed by atoms with Gasteiger partial charge in [-0.1, -0.05) is 16.8 Å². The highest BCUT2D eigenvalue weighted by Crippen LogP contribution is 2.37. The molecule has 0 aliphatic rings. The minimum Gasteiger partial charge on any atom is -0.496 e. The Labute approximate surface area is 97.9 Å². The summed E-state index contributed by atoms with van der Waals surface area (Å²) in [6.45, 7) is 1.91. The zero-order valence-electron chi connectivity index (χ0n) is 8.95. The summed E-state index contributed by atoms with van der Waals surface area (Å²) in [5.41, 5.74) is 8.05. The van der Waals surface area contributed by atoms with E-state index in [1.165, 1.54) is 0 Å². The first-order valence-corrected chi connectivity index (χ1v) is 5.06. The van der Waals surface area contributed by atoms with Crippen molar-refractivity contribution in [3.8, 4) is 16.9 Å². The number of benzene rings is 1. The minimum absolute atomic E-state index is 0.248. The molecule has 0 bridgehead atoms.